The van der Waals surface area contributed by atoms with E-state index in [0.717, 1.165) is 6.42 Å². The van der Waals surface area contributed by atoms with E-state index in [1.807, 2.05) is 18.6 Å². The Morgan fingerprint density at radius 2 is 2.29 bits per heavy atom. The Bertz CT molecular complexity index is 482. The number of nitrogens with zero attached hydrogens (tertiary/aromatic N) is 1. The smallest absolute Gasteiger partial charge is 0.0943 e. The molecule has 0 aliphatic heterocycles. The lowest BCUT2D eigenvalue weighted by Crippen LogP contribution is -2.20. The van der Waals surface area contributed by atoms with E-state index in [1.165, 1.54) is 19.7 Å². The van der Waals surface area contributed by atoms with E-state index in [1.54, 1.807) is 11.3 Å². The van der Waals surface area contributed by atoms with Crippen molar-refractivity contribution in [2.45, 2.75) is 19.4 Å². The van der Waals surface area contributed by atoms with Gasteiger partial charge in [-0.05, 0) is 47.7 Å². The summed E-state index contributed by atoms with van der Waals surface area (Å²) in [5.41, 5.74) is 2.70. The number of hydrogen-bond donors (Lipinski definition) is 1. The van der Waals surface area contributed by atoms with Gasteiger partial charge in [-0.25, -0.2) is 4.98 Å². The summed E-state index contributed by atoms with van der Waals surface area (Å²) < 4.78 is 1.35. The van der Waals surface area contributed by atoms with Crippen molar-refractivity contribution in [3.05, 3.63) is 49.5 Å². The second-order valence-corrected chi connectivity index (χ2v) is 6.01. The summed E-state index contributed by atoms with van der Waals surface area (Å²) in [7, 11) is 2.01. The van der Waals surface area contributed by atoms with Crippen LogP contribution in [-0.2, 0) is 6.42 Å². The Labute approximate surface area is 120 Å². The molecule has 0 spiro atoms. The number of likely N-dealkylation sites (N-methyl/N-ethyl adjacent to an activating group) is 1. The molecule has 1 aromatic carbocycles. The van der Waals surface area contributed by atoms with E-state index >= 15 is 0 Å². The summed E-state index contributed by atoms with van der Waals surface area (Å²) in [6.07, 6.45) is 2.82. The third kappa shape index (κ3) is 3.05. The zero-order valence-electron chi connectivity index (χ0n) is 9.90. The number of rotatable bonds is 4. The number of benzene rings is 1. The van der Waals surface area contributed by atoms with Crippen LogP contribution in [0.2, 0.25) is 0 Å². The molecule has 0 aliphatic rings. The maximum absolute atomic E-state index is 4.36. The Morgan fingerprint density at radius 3 is 2.94 bits per heavy atom. The van der Waals surface area contributed by atoms with Gasteiger partial charge < -0.3 is 5.32 Å². The van der Waals surface area contributed by atoms with E-state index in [9.17, 15) is 0 Å². The highest BCUT2D eigenvalue weighted by atomic mass is 127. The van der Waals surface area contributed by atoms with Gasteiger partial charge in [0.15, 0.2) is 0 Å². The Balaban J connectivity index is 2.26. The molecular formula is C13H15IN2S. The molecule has 0 saturated carbocycles. The highest BCUT2D eigenvalue weighted by molar-refractivity contribution is 14.1. The molecule has 4 heteroatoms. The summed E-state index contributed by atoms with van der Waals surface area (Å²) in [5.74, 6) is 0. The Kier molecular flexibility index (Phi) is 4.53. The standard InChI is InChI=1S/C13H15IN2S/c1-9-4-3-5-10(13(9)14)11(15-2)8-12-16-6-7-17-12/h3-7,11,15H,8H2,1-2H3. The van der Waals surface area contributed by atoms with Crippen molar-refractivity contribution in [3.63, 3.8) is 0 Å². The minimum absolute atomic E-state index is 0.341. The fraction of sp³-hybridized carbons (Fsp3) is 0.308. The third-order valence-electron chi connectivity index (χ3n) is 2.81. The maximum Gasteiger partial charge on any atom is 0.0943 e. The minimum Gasteiger partial charge on any atom is -0.313 e. The van der Waals surface area contributed by atoms with Crippen LogP contribution in [0, 0.1) is 10.5 Å². The van der Waals surface area contributed by atoms with Crippen LogP contribution in [0.25, 0.3) is 0 Å². The van der Waals surface area contributed by atoms with Gasteiger partial charge in [0, 0.05) is 27.6 Å². The lowest BCUT2D eigenvalue weighted by Gasteiger charge is -2.18. The zero-order valence-corrected chi connectivity index (χ0v) is 12.9. The lowest BCUT2D eigenvalue weighted by molar-refractivity contribution is 0.587. The molecule has 17 heavy (non-hydrogen) atoms. The molecule has 0 fully saturated rings. The predicted octanol–water partition coefficient (Wildman–Crippen LogP) is 3.56. The van der Waals surface area contributed by atoms with E-state index in [4.69, 9.17) is 0 Å². The summed E-state index contributed by atoms with van der Waals surface area (Å²) in [6, 6.07) is 6.82. The van der Waals surface area contributed by atoms with Crippen LogP contribution >= 0.6 is 33.9 Å². The van der Waals surface area contributed by atoms with Crippen LogP contribution in [0.4, 0.5) is 0 Å². The van der Waals surface area contributed by atoms with E-state index < -0.39 is 0 Å². The first-order chi connectivity index (χ1) is 8.22. The molecule has 90 valence electrons. The molecule has 1 heterocycles. The largest absolute Gasteiger partial charge is 0.313 e. The van der Waals surface area contributed by atoms with Crippen molar-refractivity contribution in [1.29, 1.82) is 0 Å². The highest BCUT2D eigenvalue weighted by Crippen LogP contribution is 2.26. The topological polar surface area (TPSA) is 24.9 Å². The lowest BCUT2D eigenvalue weighted by atomic mass is 10.0. The molecule has 0 aliphatic carbocycles. The molecule has 1 N–H and O–H groups in total. The van der Waals surface area contributed by atoms with E-state index in [-0.39, 0.29) is 0 Å². The van der Waals surface area contributed by atoms with E-state index in [0.29, 0.717) is 6.04 Å². The second-order valence-electron chi connectivity index (χ2n) is 3.95. The Morgan fingerprint density at radius 1 is 1.47 bits per heavy atom. The molecule has 0 saturated heterocycles. The Hall–Kier alpha value is -0.460. The summed E-state index contributed by atoms with van der Waals surface area (Å²) in [5, 5.41) is 6.60. The molecule has 1 aromatic heterocycles. The van der Waals surface area contributed by atoms with Crippen LogP contribution in [0.3, 0.4) is 0 Å². The number of thiazole rings is 1. The van der Waals surface area contributed by atoms with Gasteiger partial charge in [0.1, 0.15) is 0 Å². The third-order valence-corrected chi connectivity index (χ3v) is 5.08. The summed E-state index contributed by atoms with van der Waals surface area (Å²) in [6.45, 7) is 2.15. The molecule has 0 radical (unpaired) electrons. The van der Waals surface area contributed by atoms with Crippen molar-refractivity contribution in [1.82, 2.24) is 10.3 Å². The predicted molar refractivity (Wildman–Crippen MR) is 81.5 cm³/mol. The minimum atomic E-state index is 0.341. The SMILES string of the molecule is CNC(Cc1nccs1)c1cccc(C)c1I. The van der Waals surface area contributed by atoms with Gasteiger partial charge in [-0.1, -0.05) is 18.2 Å². The van der Waals surface area contributed by atoms with Crippen molar-refractivity contribution in [2.24, 2.45) is 0 Å². The van der Waals surface area contributed by atoms with Gasteiger partial charge in [-0.15, -0.1) is 11.3 Å². The van der Waals surface area contributed by atoms with E-state index in [2.05, 4.69) is 58.0 Å². The van der Waals surface area contributed by atoms with Crippen LogP contribution in [0.1, 0.15) is 22.2 Å². The normalized spacial score (nSPS) is 12.6. The average molecular weight is 358 g/mol. The quantitative estimate of drug-likeness (QED) is 0.846. The monoisotopic (exact) mass is 358 g/mol. The number of hydrogen-bond acceptors (Lipinski definition) is 3. The van der Waals surface area contributed by atoms with Crippen LogP contribution < -0.4 is 5.32 Å². The first-order valence-corrected chi connectivity index (χ1v) is 7.49. The van der Waals surface area contributed by atoms with Crippen LogP contribution in [-0.4, -0.2) is 12.0 Å². The van der Waals surface area contributed by atoms with Crippen molar-refractivity contribution < 1.29 is 0 Å². The van der Waals surface area contributed by atoms with Gasteiger partial charge >= 0.3 is 0 Å². The molecule has 1 unspecified atom stereocenters. The number of aromatic nitrogens is 1. The first kappa shape index (κ1) is 13.0. The molecule has 2 nitrogen and oxygen atoms in total. The molecule has 1 atom stereocenters. The van der Waals surface area contributed by atoms with Gasteiger partial charge in [-0.3, -0.25) is 0 Å². The van der Waals surface area contributed by atoms with Crippen molar-refractivity contribution in [2.75, 3.05) is 7.05 Å². The van der Waals surface area contributed by atoms with Crippen molar-refractivity contribution in [3.8, 4) is 0 Å². The number of nitrogens with one attached hydrogen (secondary N) is 1. The zero-order chi connectivity index (χ0) is 12.3. The number of halogens is 1. The van der Waals surface area contributed by atoms with Crippen LogP contribution in [0.15, 0.2) is 29.8 Å². The molecule has 0 amide bonds. The van der Waals surface area contributed by atoms with Crippen LogP contribution in [0.5, 0.6) is 0 Å². The first-order valence-electron chi connectivity index (χ1n) is 5.53. The molecule has 2 aromatic rings. The fourth-order valence-electron chi connectivity index (χ4n) is 1.84. The summed E-state index contributed by atoms with van der Waals surface area (Å²) >= 11 is 4.15. The molecule has 2 rings (SSSR count). The van der Waals surface area contributed by atoms with Gasteiger partial charge in [-0.2, -0.15) is 0 Å². The molecular weight excluding hydrogens is 343 g/mol. The molecule has 0 bridgehead atoms. The van der Waals surface area contributed by atoms with Gasteiger partial charge in [0.05, 0.1) is 5.01 Å². The maximum atomic E-state index is 4.36. The van der Waals surface area contributed by atoms with Gasteiger partial charge in [0.2, 0.25) is 0 Å². The summed E-state index contributed by atoms with van der Waals surface area (Å²) in [4.78, 5) is 4.36. The highest BCUT2D eigenvalue weighted by Gasteiger charge is 2.15. The average Bonchev–Trinajstić information content (AvgIpc) is 2.83. The fourth-order valence-corrected chi connectivity index (χ4v) is 3.23. The second kappa shape index (κ2) is 5.93. The number of aryl methyl sites for hydroxylation is 1. The van der Waals surface area contributed by atoms with Gasteiger partial charge in [0.25, 0.3) is 0 Å². The van der Waals surface area contributed by atoms with Crippen molar-refractivity contribution >= 4 is 33.9 Å².